The number of nitrogens with one attached hydrogen (secondary N) is 1. The Labute approximate surface area is 116 Å². The first-order valence-corrected chi connectivity index (χ1v) is 6.57. The molecule has 1 aliphatic rings. The minimum absolute atomic E-state index is 0.0710. The Morgan fingerprint density at radius 2 is 2.25 bits per heavy atom. The van der Waals surface area contributed by atoms with E-state index in [9.17, 15) is 14.9 Å². The molecule has 8 nitrogen and oxygen atoms in total. The van der Waals surface area contributed by atoms with Gasteiger partial charge in [-0.3, -0.25) is 9.36 Å². The van der Waals surface area contributed by atoms with Crippen molar-refractivity contribution in [2.45, 2.75) is 38.6 Å². The van der Waals surface area contributed by atoms with E-state index in [0.717, 1.165) is 12.8 Å². The highest BCUT2D eigenvalue weighted by Gasteiger charge is 2.30. The molecule has 110 valence electrons. The number of aryl methyl sites for hydroxylation is 1. The smallest absolute Gasteiger partial charge is 0.406 e. The zero-order chi connectivity index (χ0) is 14.9. The van der Waals surface area contributed by atoms with Gasteiger partial charge in [0.25, 0.3) is 0 Å². The molecule has 1 heterocycles. The summed E-state index contributed by atoms with van der Waals surface area (Å²) in [6, 6.07) is -0.0710. The van der Waals surface area contributed by atoms with Crippen molar-refractivity contribution in [1.29, 1.82) is 0 Å². The highest BCUT2D eigenvalue weighted by Crippen LogP contribution is 2.30. The molecule has 0 aromatic carbocycles. The summed E-state index contributed by atoms with van der Waals surface area (Å²) < 4.78 is 1.63. The van der Waals surface area contributed by atoms with Crippen LogP contribution in [0.1, 0.15) is 31.5 Å². The van der Waals surface area contributed by atoms with Crippen LogP contribution in [0.4, 0.5) is 11.6 Å². The third-order valence-electron chi connectivity index (χ3n) is 3.84. The number of nitro groups is 1. The third kappa shape index (κ3) is 2.73. The molecule has 1 aromatic heterocycles. The van der Waals surface area contributed by atoms with E-state index in [2.05, 4.69) is 10.3 Å². The molecule has 8 heteroatoms. The molecular weight excluding hydrogens is 264 g/mol. The second kappa shape index (κ2) is 5.48. The number of rotatable bonds is 4. The SMILES string of the molecule is Cc1nc([N+](=O)[O-])c(NC2CCCC(C(=O)O)C2)n1C. The van der Waals surface area contributed by atoms with Crippen LogP contribution in [0.25, 0.3) is 0 Å². The Kier molecular flexibility index (Phi) is 3.91. The largest absolute Gasteiger partial charge is 0.481 e. The first-order valence-electron chi connectivity index (χ1n) is 6.57. The number of hydrogen-bond acceptors (Lipinski definition) is 5. The van der Waals surface area contributed by atoms with Crippen molar-refractivity contribution >= 4 is 17.6 Å². The Balaban J connectivity index is 2.17. The zero-order valence-electron chi connectivity index (χ0n) is 11.5. The second-order valence-electron chi connectivity index (χ2n) is 5.19. The van der Waals surface area contributed by atoms with E-state index in [1.54, 1.807) is 18.5 Å². The van der Waals surface area contributed by atoms with Gasteiger partial charge in [-0.2, -0.15) is 0 Å². The first kappa shape index (κ1) is 14.3. The highest BCUT2D eigenvalue weighted by molar-refractivity contribution is 5.70. The lowest BCUT2D eigenvalue weighted by atomic mass is 9.86. The first-order chi connectivity index (χ1) is 9.40. The molecular formula is C12H18N4O4. The van der Waals surface area contributed by atoms with Crippen LogP contribution in [0.5, 0.6) is 0 Å². The van der Waals surface area contributed by atoms with Crippen LogP contribution < -0.4 is 5.32 Å². The summed E-state index contributed by atoms with van der Waals surface area (Å²) in [6.07, 6.45) is 2.77. The minimum Gasteiger partial charge on any atom is -0.481 e. The van der Waals surface area contributed by atoms with Crippen LogP contribution >= 0.6 is 0 Å². The zero-order valence-corrected chi connectivity index (χ0v) is 11.5. The summed E-state index contributed by atoms with van der Waals surface area (Å²) in [5.41, 5.74) is 0. The lowest BCUT2D eigenvalue weighted by Crippen LogP contribution is -2.31. The summed E-state index contributed by atoms with van der Waals surface area (Å²) in [4.78, 5) is 25.4. The molecule has 0 aliphatic heterocycles. The molecule has 0 spiro atoms. The number of hydrogen-bond donors (Lipinski definition) is 2. The fraction of sp³-hybridized carbons (Fsp3) is 0.667. The fourth-order valence-electron chi connectivity index (χ4n) is 2.62. The predicted molar refractivity (Wildman–Crippen MR) is 71.6 cm³/mol. The van der Waals surface area contributed by atoms with Gasteiger partial charge in [0, 0.05) is 20.0 Å². The molecule has 2 N–H and O–H groups in total. The van der Waals surface area contributed by atoms with Gasteiger partial charge in [0.1, 0.15) is 0 Å². The molecule has 2 atom stereocenters. The van der Waals surface area contributed by atoms with Crippen molar-refractivity contribution in [2.24, 2.45) is 13.0 Å². The highest BCUT2D eigenvalue weighted by atomic mass is 16.6. The maximum Gasteiger partial charge on any atom is 0.406 e. The van der Waals surface area contributed by atoms with Crippen LogP contribution in [0.3, 0.4) is 0 Å². The quantitative estimate of drug-likeness (QED) is 0.642. The number of carbonyl (C=O) groups is 1. The summed E-state index contributed by atoms with van der Waals surface area (Å²) in [5, 5.41) is 23.2. The lowest BCUT2D eigenvalue weighted by Gasteiger charge is -2.27. The molecule has 1 aliphatic carbocycles. The van der Waals surface area contributed by atoms with Crippen molar-refractivity contribution in [2.75, 3.05) is 5.32 Å². The summed E-state index contributed by atoms with van der Waals surface area (Å²) in [6.45, 7) is 1.69. The van der Waals surface area contributed by atoms with E-state index in [4.69, 9.17) is 5.11 Å². The van der Waals surface area contributed by atoms with Gasteiger partial charge in [0.15, 0.2) is 0 Å². The molecule has 1 fully saturated rings. The van der Waals surface area contributed by atoms with Crippen LogP contribution in [0.15, 0.2) is 0 Å². The number of nitrogens with zero attached hydrogens (tertiary/aromatic N) is 3. The van der Waals surface area contributed by atoms with E-state index in [0.29, 0.717) is 24.5 Å². The fourth-order valence-corrected chi connectivity index (χ4v) is 2.62. The Morgan fingerprint density at radius 3 is 2.85 bits per heavy atom. The Bertz CT molecular complexity index is 540. The maximum absolute atomic E-state index is 11.0. The Morgan fingerprint density at radius 1 is 1.55 bits per heavy atom. The van der Waals surface area contributed by atoms with E-state index < -0.39 is 10.9 Å². The van der Waals surface area contributed by atoms with Crippen molar-refractivity contribution in [3.63, 3.8) is 0 Å². The average molecular weight is 282 g/mol. The van der Waals surface area contributed by atoms with Gasteiger partial charge in [-0.05, 0) is 29.2 Å². The van der Waals surface area contributed by atoms with Crippen LogP contribution in [0.2, 0.25) is 0 Å². The molecule has 20 heavy (non-hydrogen) atoms. The van der Waals surface area contributed by atoms with Gasteiger partial charge in [0.2, 0.25) is 11.6 Å². The molecule has 0 saturated heterocycles. The molecule has 2 unspecified atom stereocenters. The van der Waals surface area contributed by atoms with Crippen molar-refractivity contribution < 1.29 is 14.8 Å². The van der Waals surface area contributed by atoms with E-state index in [1.165, 1.54) is 0 Å². The molecule has 2 rings (SSSR count). The third-order valence-corrected chi connectivity index (χ3v) is 3.84. The minimum atomic E-state index is -0.799. The van der Waals surface area contributed by atoms with Gasteiger partial charge in [-0.25, -0.2) is 0 Å². The summed E-state index contributed by atoms with van der Waals surface area (Å²) >= 11 is 0. The molecule has 0 radical (unpaired) electrons. The van der Waals surface area contributed by atoms with E-state index >= 15 is 0 Å². The lowest BCUT2D eigenvalue weighted by molar-refractivity contribution is -0.388. The maximum atomic E-state index is 11.0. The van der Waals surface area contributed by atoms with Crippen LogP contribution in [-0.2, 0) is 11.8 Å². The van der Waals surface area contributed by atoms with Gasteiger partial charge in [-0.15, -0.1) is 0 Å². The van der Waals surface area contributed by atoms with E-state index in [-0.39, 0.29) is 17.8 Å². The normalized spacial score (nSPS) is 22.5. The second-order valence-corrected chi connectivity index (χ2v) is 5.19. The topological polar surface area (TPSA) is 110 Å². The van der Waals surface area contributed by atoms with Crippen molar-refractivity contribution in [3.05, 3.63) is 15.9 Å². The number of aromatic nitrogens is 2. The summed E-state index contributed by atoms with van der Waals surface area (Å²) in [7, 11) is 1.70. The summed E-state index contributed by atoms with van der Waals surface area (Å²) in [5.74, 6) is -0.488. The van der Waals surface area contributed by atoms with E-state index in [1.807, 2.05) is 0 Å². The van der Waals surface area contributed by atoms with Gasteiger partial charge in [0.05, 0.1) is 5.92 Å². The molecule has 0 bridgehead atoms. The molecule has 1 aromatic rings. The monoisotopic (exact) mass is 282 g/mol. The van der Waals surface area contributed by atoms with Gasteiger partial charge < -0.3 is 20.5 Å². The number of carboxylic acids is 1. The average Bonchev–Trinajstić information content (AvgIpc) is 2.67. The number of aliphatic carboxylic acids is 1. The Hall–Kier alpha value is -2.12. The van der Waals surface area contributed by atoms with Gasteiger partial charge >= 0.3 is 11.8 Å². The van der Waals surface area contributed by atoms with Gasteiger partial charge in [-0.1, -0.05) is 6.42 Å². The van der Waals surface area contributed by atoms with Crippen LogP contribution in [0, 0.1) is 23.0 Å². The van der Waals surface area contributed by atoms with Crippen molar-refractivity contribution in [1.82, 2.24) is 9.55 Å². The number of anilines is 1. The van der Waals surface area contributed by atoms with Crippen LogP contribution in [-0.4, -0.2) is 31.6 Å². The molecule has 0 amide bonds. The number of imidazole rings is 1. The van der Waals surface area contributed by atoms with Crippen molar-refractivity contribution in [3.8, 4) is 0 Å². The standard InChI is InChI=1S/C12H18N4O4/c1-7-13-11(16(19)20)10(15(7)2)14-9-5-3-4-8(6-9)12(17)18/h8-9,14H,3-6H2,1-2H3,(H,17,18). The number of carboxylic acid groups (broad SMARTS) is 1. The predicted octanol–water partition coefficient (Wildman–Crippen LogP) is 1.69. The molecule has 1 saturated carbocycles.